The van der Waals surface area contributed by atoms with Gasteiger partial charge >= 0.3 is 0 Å². The van der Waals surface area contributed by atoms with E-state index in [2.05, 4.69) is 5.32 Å². The number of carbonyl (C=O) groups excluding carboxylic acids is 1. The molecule has 0 bridgehead atoms. The first-order chi connectivity index (χ1) is 9.29. The lowest BCUT2D eigenvalue weighted by molar-refractivity contribution is 0.102. The van der Waals surface area contributed by atoms with Crippen molar-refractivity contribution in [1.82, 2.24) is 0 Å². The van der Waals surface area contributed by atoms with Crippen molar-refractivity contribution in [3.05, 3.63) is 45.6 Å². The van der Waals surface area contributed by atoms with Gasteiger partial charge in [0.1, 0.15) is 9.77 Å². The minimum absolute atomic E-state index is 0.0911. The van der Waals surface area contributed by atoms with Gasteiger partial charge in [-0.05, 0) is 42.5 Å². The van der Waals surface area contributed by atoms with Crippen LogP contribution in [0.4, 0.5) is 5.69 Å². The second-order valence-electron chi connectivity index (χ2n) is 4.43. The fourth-order valence-corrected chi connectivity index (χ4v) is 3.61. The summed E-state index contributed by atoms with van der Waals surface area (Å²) in [5.74, 6) is -0.474. The van der Waals surface area contributed by atoms with Crippen molar-refractivity contribution in [2.75, 3.05) is 5.32 Å². The second-order valence-corrected chi connectivity index (χ2v) is 6.88. The third kappa shape index (κ3) is 3.06. The van der Waals surface area contributed by atoms with Crippen LogP contribution in [0.15, 0.2) is 34.5 Å². The molecule has 0 radical (unpaired) electrons. The number of hydrogen-bond acceptors (Lipinski definition) is 4. The Balaban J connectivity index is 2.34. The second kappa shape index (κ2) is 5.35. The van der Waals surface area contributed by atoms with E-state index in [0.29, 0.717) is 5.69 Å². The molecule has 1 heterocycles. The number of thiophene rings is 1. The molecular formula is C13H14N2O3S2. The van der Waals surface area contributed by atoms with Gasteiger partial charge in [-0.15, -0.1) is 11.3 Å². The predicted octanol–water partition coefficient (Wildman–Crippen LogP) is 2.26. The van der Waals surface area contributed by atoms with E-state index in [0.717, 1.165) is 22.5 Å². The van der Waals surface area contributed by atoms with Crippen molar-refractivity contribution in [2.45, 2.75) is 18.7 Å². The summed E-state index contributed by atoms with van der Waals surface area (Å²) >= 11 is 1.04. The largest absolute Gasteiger partial charge is 0.321 e. The van der Waals surface area contributed by atoms with Crippen LogP contribution in [0.1, 0.15) is 20.8 Å². The zero-order chi connectivity index (χ0) is 14.9. The SMILES string of the molecule is Cc1ccc(C)c(NC(=O)c2sccc2S(N)(=O)=O)c1. The fraction of sp³-hybridized carbons (Fsp3) is 0.154. The van der Waals surface area contributed by atoms with Crippen LogP contribution in [0.3, 0.4) is 0 Å². The number of benzene rings is 1. The lowest BCUT2D eigenvalue weighted by Crippen LogP contribution is -2.18. The highest BCUT2D eigenvalue weighted by molar-refractivity contribution is 7.89. The molecule has 0 saturated heterocycles. The van der Waals surface area contributed by atoms with E-state index >= 15 is 0 Å². The van der Waals surface area contributed by atoms with Gasteiger partial charge in [-0.1, -0.05) is 12.1 Å². The number of carbonyl (C=O) groups is 1. The maximum Gasteiger partial charge on any atom is 0.267 e. The number of primary sulfonamides is 1. The Hall–Kier alpha value is -1.70. The van der Waals surface area contributed by atoms with Gasteiger partial charge in [0, 0.05) is 5.69 Å². The van der Waals surface area contributed by atoms with E-state index in [4.69, 9.17) is 5.14 Å². The summed E-state index contributed by atoms with van der Waals surface area (Å²) in [5.41, 5.74) is 2.56. The standard InChI is InChI=1S/C13H14N2O3S2/c1-8-3-4-9(2)10(7-8)15-13(16)12-11(5-6-19-12)20(14,17)18/h3-7H,1-2H3,(H,15,16)(H2,14,17,18). The van der Waals surface area contributed by atoms with E-state index < -0.39 is 15.9 Å². The summed E-state index contributed by atoms with van der Waals surface area (Å²) in [6.45, 7) is 3.78. The molecule has 3 N–H and O–H groups in total. The molecule has 0 spiro atoms. The molecule has 1 aromatic carbocycles. The Morgan fingerprint density at radius 1 is 1.25 bits per heavy atom. The molecule has 106 valence electrons. The average Bonchev–Trinajstić information content (AvgIpc) is 2.82. The number of anilines is 1. The van der Waals surface area contributed by atoms with Crippen LogP contribution in [-0.2, 0) is 10.0 Å². The van der Waals surface area contributed by atoms with Gasteiger partial charge in [-0.2, -0.15) is 0 Å². The van der Waals surface area contributed by atoms with Crippen LogP contribution in [-0.4, -0.2) is 14.3 Å². The molecule has 2 rings (SSSR count). The summed E-state index contributed by atoms with van der Waals surface area (Å²) < 4.78 is 22.8. The molecule has 0 unspecified atom stereocenters. The van der Waals surface area contributed by atoms with Crippen LogP contribution >= 0.6 is 11.3 Å². The smallest absolute Gasteiger partial charge is 0.267 e. The van der Waals surface area contributed by atoms with Crippen LogP contribution in [0.2, 0.25) is 0 Å². The first-order valence-electron chi connectivity index (χ1n) is 5.78. The molecule has 1 amide bonds. The van der Waals surface area contributed by atoms with E-state index in [9.17, 15) is 13.2 Å². The summed E-state index contributed by atoms with van der Waals surface area (Å²) in [7, 11) is -3.90. The van der Waals surface area contributed by atoms with Crippen LogP contribution < -0.4 is 10.5 Å². The topological polar surface area (TPSA) is 89.3 Å². The van der Waals surface area contributed by atoms with Gasteiger partial charge in [0.05, 0.1) is 0 Å². The Morgan fingerprint density at radius 2 is 1.95 bits per heavy atom. The molecule has 0 aliphatic rings. The number of sulfonamides is 1. The first kappa shape index (κ1) is 14.7. The molecular weight excluding hydrogens is 296 g/mol. The highest BCUT2D eigenvalue weighted by Gasteiger charge is 2.21. The molecule has 5 nitrogen and oxygen atoms in total. The third-order valence-corrected chi connectivity index (χ3v) is 4.78. The third-order valence-electron chi connectivity index (χ3n) is 2.78. The molecule has 0 atom stereocenters. The van der Waals surface area contributed by atoms with E-state index in [1.54, 1.807) is 0 Å². The number of hydrogen-bond donors (Lipinski definition) is 2. The molecule has 0 aliphatic heterocycles. The normalized spacial score (nSPS) is 11.3. The molecule has 0 aliphatic carbocycles. The number of amides is 1. The quantitative estimate of drug-likeness (QED) is 0.911. The van der Waals surface area contributed by atoms with Crippen molar-refractivity contribution in [3.63, 3.8) is 0 Å². The van der Waals surface area contributed by atoms with Crippen LogP contribution in [0.5, 0.6) is 0 Å². The Kier molecular flexibility index (Phi) is 3.94. The minimum Gasteiger partial charge on any atom is -0.321 e. The summed E-state index contributed by atoms with van der Waals surface area (Å²) in [6, 6.07) is 6.99. The van der Waals surface area contributed by atoms with Gasteiger partial charge in [-0.3, -0.25) is 4.79 Å². The maximum atomic E-state index is 12.2. The fourth-order valence-electron chi connectivity index (χ4n) is 1.74. The van der Waals surface area contributed by atoms with E-state index in [1.807, 2.05) is 32.0 Å². The monoisotopic (exact) mass is 310 g/mol. The van der Waals surface area contributed by atoms with Gasteiger partial charge < -0.3 is 5.32 Å². The molecule has 2 aromatic rings. The number of nitrogens with two attached hydrogens (primary N) is 1. The highest BCUT2D eigenvalue weighted by atomic mass is 32.2. The van der Waals surface area contributed by atoms with Crippen LogP contribution in [0, 0.1) is 13.8 Å². The molecule has 20 heavy (non-hydrogen) atoms. The molecule has 1 aromatic heterocycles. The number of nitrogens with one attached hydrogen (secondary N) is 1. The summed E-state index contributed by atoms with van der Waals surface area (Å²) in [6.07, 6.45) is 0. The average molecular weight is 310 g/mol. The zero-order valence-electron chi connectivity index (χ0n) is 11.0. The Labute approximate surface area is 121 Å². The number of aryl methyl sites for hydroxylation is 2. The van der Waals surface area contributed by atoms with E-state index in [1.165, 1.54) is 11.4 Å². The predicted molar refractivity (Wildman–Crippen MR) is 79.6 cm³/mol. The van der Waals surface area contributed by atoms with Gasteiger partial charge in [0.2, 0.25) is 10.0 Å². The molecule has 0 saturated carbocycles. The molecule has 7 heteroatoms. The lowest BCUT2D eigenvalue weighted by Gasteiger charge is -2.09. The van der Waals surface area contributed by atoms with Gasteiger partial charge in [0.15, 0.2) is 0 Å². The Morgan fingerprint density at radius 3 is 2.60 bits per heavy atom. The van der Waals surface area contributed by atoms with Crippen molar-refractivity contribution in [2.24, 2.45) is 5.14 Å². The molecule has 0 fully saturated rings. The lowest BCUT2D eigenvalue weighted by atomic mass is 10.1. The highest BCUT2D eigenvalue weighted by Crippen LogP contribution is 2.23. The van der Waals surface area contributed by atoms with Crippen molar-refractivity contribution >= 4 is 33.0 Å². The number of rotatable bonds is 3. The van der Waals surface area contributed by atoms with Gasteiger partial charge in [-0.25, -0.2) is 13.6 Å². The minimum atomic E-state index is -3.90. The maximum absolute atomic E-state index is 12.2. The van der Waals surface area contributed by atoms with Crippen molar-refractivity contribution in [3.8, 4) is 0 Å². The Bertz CT molecular complexity index is 764. The summed E-state index contributed by atoms with van der Waals surface area (Å²) in [4.78, 5) is 12.1. The van der Waals surface area contributed by atoms with Crippen LogP contribution in [0.25, 0.3) is 0 Å². The first-order valence-corrected chi connectivity index (χ1v) is 8.20. The zero-order valence-corrected chi connectivity index (χ0v) is 12.6. The van der Waals surface area contributed by atoms with Crippen molar-refractivity contribution < 1.29 is 13.2 Å². The summed E-state index contributed by atoms with van der Waals surface area (Å²) in [5, 5.41) is 9.33. The van der Waals surface area contributed by atoms with Gasteiger partial charge in [0.25, 0.3) is 5.91 Å². The van der Waals surface area contributed by atoms with Crippen molar-refractivity contribution in [1.29, 1.82) is 0 Å². The van der Waals surface area contributed by atoms with E-state index in [-0.39, 0.29) is 9.77 Å².